The summed E-state index contributed by atoms with van der Waals surface area (Å²) in [7, 11) is 0.716. The molecule has 1 aliphatic rings. The van der Waals surface area contributed by atoms with Crippen molar-refractivity contribution in [2.75, 3.05) is 39.6 Å². The van der Waals surface area contributed by atoms with Gasteiger partial charge in [0.1, 0.15) is 16.7 Å². The van der Waals surface area contributed by atoms with Gasteiger partial charge in [0.05, 0.1) is 7.11 Å². The van der Waals surface area contributed by atoms with Gasteiger partial charge < -0.3 is 15.0 Å². The van der Waals surface area contributed by atoms with Crippen molar-refractivity contribution in [3.8, 4) is 5.75 Å². The highest BCUT2D eigenvalue weighted by atomic mass is 32.2. The lowest BCUT2D eigenvalue weighted by Gasteiger charge is -2.36. The molecule has 7 nitrogen and oxygen atoms in total. The van der Waals surface area contributed by atoms with E-state index >= 15 is 0 Å². The third-order valence-electron chi connectivity index (χ3n) is 4.86. The van der Waals surface area contributed by atoms with Crippen molar-refractivity contribution < 1.29 is 17.9 Å². The molecule has 0 aliphatic carbocycles. The first-order valence-corrected chi connectivity index (χ1v) is 10.7. The van der Waals surface area contributed by atoms with Gasteiger partial charge in [0, 0.05) is 32.9 Å². The molecule has 0 unspecified atom stereocenters. The van der Waals surface area contributed by atoms with E-state index in [-0.39, 0.29) is 16.6 Å². The molecular formula is C19H31N3O4S. The maximum atomic E-state index is 12.8. The number of nitrogens with one attached hydrogen (secondary N) is 1. The van der Waals surface area contributed by atoms with E-state index in [1.165, 1.54) is 27.3 Å². The van der Waals surface area contributed by atoms with E-state index in [1.807, 2.05) is 4.90 Å². The molecule has 0 spiro atoms. The Kier molecular flexibility index (Phi) is 6.75. The topological polar surface area (TPSA) is 79.0 Å². The van der Waals surface area contributed by atoms with E-state index in [1.54, 1.807) is 19.1 Å². The number of hydrogen-bond acceptors (Lipinski definition) is 5. The minimum Gasteiger partial charge on any atom is -0.495 e. The minimum absolute atomic E-state index is 0.0289. The lowest BCUT2D eigenvalue weighted by molar-refractivity contribution is -0.134. The molecule has 3 atom stereocenters. The molecular weight excluding hydrogens is 366 g/mol. The number of amides is 1. The first-order chi connectivity index (χ1) is 12.6. The van der Waals surface area contributed by atoms with Gasteiger partial charge in [0.25, 0.3) is 0 Å². The molecule has 0 bridgehead atoms. The largest absolute Gasteiger partial charge is 0.495 e. The molecule has 1 aliphatic heterocycles. The van der Waals surface area contributed by atoms with Crippen molar-refractivity contribution in [1.29, 1.82) is 0 Å². The zero-order valence-corrected chi connectivity index (χ0v) is 17.8. The van der Waals surface area contributed by atoms with Crippen LogP contribution in [-0.4, -0.2) is 63.9 Å². The lowest BCUT2D eigenvalue weighted by atomic mass is 9.91. The minimum atomic E-state index is -3.66. The summed E-state index contributed by atoms with van der Waals surface area (Å²) in [6.45, 7) is 7.65. The SMILES string of the molecule is COc1ccc(N[C@H](C)C(=O)N2C[C@@H](C)C[C@H](C)C2)cc1S(=O)(=O)N(C)C. The van der Waals surface area contributed by atoms with Gasteiger partial charge in [0.15, 0.2) is 0 Å². The second-order valence-electron chi connectivity index (χ2n) is 7.71. The first-order valence-electron chi connectivity index (χ1n) is 9.22. The van der Waals surface area contributed by atoms with Gasteiger partial charge in [-0.05, 0) is 43.4 Å². The monoisotopic (exact) mass is 397 g/mol. The summed E-state index contributed by atoms with van der Waals surface area (Å²) in [5, 5.41) is 3.14. The fraction of sp³-hybridized carbons (Fsp3) is 0.632. The van der Waals surface area contributed by atoms with Crippen LogP contribution in [0.25, 0.3) is 0 Å². The van der Waals surface area contributed by atoms with Crippen LogP contribution in [0.4, 0.5) is 5.69 Å². The van der Waals surface area contributed by atoms with Crippen molar-refractivity contribution in [1.82, 2.24) is 9.21 Å². The first kappa shape index (κ1) is 21.5. The van der Waals surface area contributed by atoms with Crippen LogP contribution >= 0.6 is 0 Å². The van der Waals surface area contributed by atoms with E-state index in [2.05, 4.69) is 19.2 Å². The normalized spacial score (nSPS) is 21.8. The van der Waals surface area contributed by atoms with Crippen LogP contribution in [0.2, 0.25) is 0 Å². The van der Waals surface area contributed by atoms with Crippen LogP contribution in [-0.2, 0) is 14.8 Å². The number of anilines is 1. The molecule has 1 amide bonds. The summed E-state index contributed by atoms with van der Waals surface area (Å²) >= 11 is 0. The highest BCUT2D eigenvalue weighted by Gasteiger charge is 2.29. The van der Waals surface area contributed by atoms with E-state index in [4.69, 9.17) is 4.74 Å². The van der Waals surface area contributed by atoms with Gasteiger partial charge in [-0.25, -0.2) is 12.7 Å². The van der Waals surface area contributed by atoms with Crippen molar-refractivity contribution in [3.05, 3.63) is 18.2 Å². The molecule has 1 aromatic carbocycles. The highest BCUT2D eigenvalue weighted by Crippen LogP contribution is 2.29. The Hall–Kier alpha value is -1.80. The molecule has 1 fully saturated rings. The number of sulfonamides is 1. The van der Waals surface area contributed by atoms with E-state index in [9.17, 15) is 13.2 Å². The molecule has 1 saturated heterocycles. The summed E-state index contributed by atoms with van der Waals surface area (Å²) < 4.78 is 31.4. The second kappa shape index (κ2) is 8.48. The van der Waals surface area contributed by atoms with Crippen molar-refractivity contribution in [3.63, 3.8) is 0 Å². The summed E-state index contributed by atoms with van der Waals surface area (Å²) in [5.41, 5.74) is 0.565. The van der Waals surface area contributed by atoms with E-state index in [0.717, 1.165) is 23.8 Å². The number of methoxy groups -OCH3 is 1. The van der Waals surface area contributed by atoms with Crippen LogP contribution in [0.15, 0.2) is 23.1 Å². The van der Waals surface area contributed by atoms with Crippen LogP contribution in [0.1, 0.15) is 27.2 Å². The maximum absolute atomic E-state index is 12.8. The molecule has 27 heavy (non-hydrogen) atoms. The summed E-state index contributed by atoms with van der Waals surface area (Å²) in [4.78, 5) is 14.8. The molecule has 0 radical (unpaired) electrons. The van der Waals surface area contributed by atoms with Crippen molar-refractivity contribution in [2.45, 2.75) is 38.1 Å². The quantitative estimate of drug-likeness (QED) is 0.796. The fourth-order valence-electron chi connectivity index (χ4n) is 3.59. The van der Waals surface area contributed by atoms with Gasteiger partial charge in [-0.1, -0.05) is 13.8 Å². The van der Waals surface area contributed by atoms with Crippen LogP contribution in [0.3, 0.4) is 0 Å². The Balaban J connectivity index is 2.20. The Morgan fingerprint density at radius 2 is 1.85 bits per heavy atom. The number of piperidine rings is 1. The number of likely N-dealkylation sites (tertiary alicyclic amines) is 1. The summed E-state index contributed by atoms with van der Waals surface area (Å²) in [6.07, 6.45) is 1.13. The van der Waals surface area contributed by atoms with E-state index < -0.39 is 16.1 Å². The number of rotatable bonds is 6. The molecule has 1 heterocycles. The van der Waals surface area contributed by atoms with Gasteiger partial charge in [-0.2, -0.15) is 0 Å². The van der Waals surface area contributed by atoms with Crippen LogP contribution in [0.5, 0.6) is 5.75 Å². The van der Waals surface area contributed by atoms with Gasteiger partial charge >= 0.3 is 0 Å². The zero-order chi connectivity index (χ0) is 20.4. The Morgan fingerprint density at radius 3 is 2.37 bits per heavy atom. The van der Waals surface area contributed by atoms with Crippen LogP contribution < -0.4 is 10.1 Å². The Bertz CT molecular complexity index is 769. The second-order valence-corrected chi connectivity index (χ2v) is 9.83. The predicted octanol–water partition coefficient (Wildman–Crippen LogP) is 2.25. The molecule has 8 heteroatoms. The van der Waals surface area contributed by atoms with E-state index in [0.29, 0.717) is 17.5 Å². The fourth-order valence-corrected chi connectivity index (χ4v) is 4.67. The standard InChI is InChI=1S/C19H31N3O4S/c1-13-9-14(2)12-22(11-13)19(23)15(3)20-16-7-8-17(26-6)18(10-16)27(24,25)21(4)5/h7-8,10,13-15,20H,9,11-12H2,1-6H3/t13-,14-,15+/m0/s1. The number of benzene rings is 1. The third-order valence-corrected chi connectivity index (χ3v) is 6.69. The molecule has 0 saturated carbocycles. The smallest absolute Gasteiger partial charge is 0.246 e. The third kappa shape index (κ3) is 4.93. The Morgan fingerprint density at radius 1 is 1.26 bits per heavy atom. The molecule has 152 valence electrons. The number of ether oxygens (including phenoxy) is 1. The number of carbonyl (C=O) groups is 1. The maximum Gasteiger partial charge on any atom is 0.246 e. The predicted molar refractivity (Wildman–Crippen MR) is 106 cm³/mol. The van der Waals surface area contributed by atoms with Crippen molar-refractivity contribution >= 4 is 21.6 Å². The number of nitrogens with zero attached hydrogens (tertiary/aromatic N) is 2. The summed E-state index contributed by atoms with van der Waals surface area (Å²) in [5.74, 6) is 1.28. The van der Waals surface area contributed by atoms with Gasteiger partial charge in [-0.3, -0.25) is 4.79 Å². The summed E-state index contributed by atoms with van der Waals surface area (Å²) in [6, 6.07) is 4.38. The number of hydrogen-bond donors (Lipinski definition) is 1. The lowest BCUT2D eigenvalue weighted by Crippen LogP contribution is -2.48. The van der Waals surface area contributed by atoms with Gasteiger partial charge in [0.2, 0.25) is 15.9 Å². The van der Waals surface area contributed by atoms with Crippen LogP contribution in [0, 0.1) is 11.8 Å². The average molecular weight is 398 g/mol. The average Bonchev–Trinajstić information content (AvgIpc) is 2.59. The van der Waals surface area contributed by atoms with Gasteiger partial charge in [-0.15, -0.1) is 0 Å². The molecule has 2 rings (SSSR count). The van der Waals surface area contributed by atoms with Crippen molar-refractivity contribution in [2.24, 2.45) is 11.8 Å². The molecule has 1 N–H and O–H groups in total. The zero-order valence-electron chi connectivity index (χ0n) is 17.0. The highest BCUT2D eigenvalue weighted by molar-refractivity contribution is 7.89. The number of carbonyl (C=O) groups excluding carboxylic acids is 1. The molecule has 1 aromatic rings. The molecule has 0 aromatic heterocycles. The Labute approximate surface area is 162 Å².